The molecule has 4 aromatic rings. The quantitative estimate of drug-likeness (QED) is 0.305. The molecule has 0 atom stereocenters. The molecule has 5 rings (SSSR count). The molecule has 2 heterocycles. The SMILES string of the molecule is COc1ccc(-n2nc3ccc(NC(=O)c4cc([N+](=O)[O-])ccc4N4CCOCC4)cc3n2)cc1Cl. The van der Waals surface area contributed by atoms with Gasteiger partial charge in [-0.2, -0.15) is 4.80 Å². The van der Waals surface area contributed by atoms with Gasteiger partial charge >= 0.3 is 0 Å². The summed E-state index contributed by atoms with van der Waals surface area (Å²) in [6, 6.07) is 14.6. The minimum atomic E-state index is -0.518. The van der Waals surface area contributed by atoms with Crippen LogP contribution in [0.25, 0.3) is 16.7 Å². The second-order valence-electron chi connectivity index (χ2n) is 8.02. The monoisotopic (exact) mass is 508 g/mol. The number of non-ortho nitro benzene ring substituents is 1. The van der Waals surface area contributed by atoms with Gasteiger partial charge in [0.1, 0.15) is 16.8 Å². The number of nitro benzene ring substituents is 1. The maximum absolute atomic E-state index is 13.3. The summed E-state index contributed by atoms with van der Waals surface area (Å²) in [5.74, 6) is 0.0774. The first kappa shape index (κ1) is 23.5. The Bertz CT molecular complexity index is 1470. The highest BCUT2D eigenvalue weighted by Crippen LogP contribution is 2.29. The number of amides is 1. The van der Waals surface area contributed by atoms with E-state index in [9.17, 15) is 14.9 Å². The van der Waals surface area contributed by atoms with Crippen LogP contribution in [0.3, 0.4) is 0 Å². The number of methoxy groups -OCH3 is 1. The number of morpholine rings is 1. The van der Waals surface area contributed by atoms with Crippen LogP contribution >= 0.6 is 11.6 Å². The lowest BCUT2D eigenvalue weighted by molar-refractivity contribution is -0.384. The van der Waals surface area contributed by atoms with Crippen molar-refractivity contribution in [3.05, 3.63) is 75.3 Å². The lowest BCUT2D eigenvalue weighted by atomic mass is 10.1. The van der Waals surface area contributed by atoms with Gasteiger partial charge in [0.25, 0.3) is 11.6 Å². The van der Waals surface area contributed by atoms with Gasteiger partial charge in [-0.25, -0.2) is 0 Å². The van der Waals surface area contributed by atoms with Crippen molar-refractivity contribution in [3.63, 3.8) is 0 Å². The predicted molar refractivity (Wildman–Crippen MR) is 135 cm³/mol. The Balaban J connectivity index is 1.43. The van der Waals surface area contributed by atoms with Gasteiger partial charge in [-0.3, -0.25) is 14.9 Å². The fourth-order valence-corrected chi connectivity index (χ4v) is 4.24. The zero-order valence-electron chi connectivity index (χ0n) is 19.2. The topological polar surface area (TPSA) is 125 Å². The molecule has 184 valence electrons. The van der Waals surface area contributed by atoms with Crippen molar-refractivity contribution in [1.82, 2.24) is 15.0 Å². The molecule has 36 heavy (non-hydrogen) atoms. The molecule has 12 heteroatoms. The summed E-state index contributed by atoms with van der Waals surface area (Å²) in [5, 5.41) is 23.6. The number of anilines is 2. The zero-order valence-corrected chi connectivity index (χ0v) is 19.9. The molecule has 0 radical (unpaired) electrons. The van der Waals surface area contributed by atoms with Crippen molar-refractivity contribution in [2.75, 3.05) is 43.6 Å². The summed E-state index contributed by atoms with van der Waals surface area (Å²) in [6.07, 6.45) is 0. The van der Waals surface area contributed by atoms with Gasteiger partial charge < -0.3 is 19.7 Å². The van der Waals surface area contributed by atoms with Crippen molar-refractivity contribution < 1.29 is 19.2 Å². The molecule has 0 aliphatic carbocycles. The largest absolute Gasteiger partial charge is 0.495 e. The van der Waals surface area contributed by atoms with Crippen LogP contribution in [0.15, 0.2) is 54.6 Å². The third kappa shape index (κ3) is 4.66. The van der Waals surface area contributed by atoms with Crippen LogP contribution in [-0.4, -0.2) is 59.2 Å². The van der Waals surface area contributed by atoms with Gasteiger partial charge in [-0.1, -0.05) is 11.6 Å². The van der Waals surface area contributed by atoms with E-state index < -0.39 is 10.8 Å². The molecule has 1 N–H and O–H groups in total. The third-order valence-corrected chi connectivity index (χ3v) is 6.09. The summed E-state index contributed by atoms with van der Waals surface area (Å²) < 4.78 is 10.6. The molecular formula is C24H21ClN6O5. The molecule has 3 aromatic carbocycles. The lowest BCUT2D eigenvalue weighted by Gasteiger charge is -2.30. The standard InChI is InChI=1S/C24H21ClN6O5/c1-35-23-7-4-16(14-19(23)25)30-27-20-5-2-15(12-21(20)28-30)26-24(32)18-13-17(31(33)34)3-6-22(18)29-8-10-36-11-9-29/h2-7,12-14H,8-11H2,1H3,(H,26,32). The number of benzene rings is 3. The van der Waals surface area contributed by atoms with Crippen LogP contribution in [0.4, 0.5) is 17.1 Å². The van der Waals surface area contributed by atoms with E-state index in [1.54, 1.807) is 42.5 Å². The molecule has 1 saturated heterocycles. The summed E-state index contributed by atoms with van der Waals surface area (Å²) in [7, 11) is 1.54. The second-order valence-corrected chi connectivity index (χ2v) is 8.43. The zero-order chi connectivity index (χ0) is 25.2. The molecule has 1 fully saturated rings. The fraction of sp³-hybridized carbons (Fsp3) is 0.208. The van der Waals surface area contributed by atoms with Gasteiger partial charge in [0.2, 0.25) is 0 Å². The number of hydrogen-bond donors (Lipinski definition) is 1. The van der Waals surface area contributed by atoms with E-state index in [0.717, 1.165) is 0 Å². The number of carbonyl (C=O) groups is 1. The molecule has 0 bridgehead atoms. The van der Waals surface area contributed by atoms with Gasteiger partial charge in [-0.15, -0.1) is 10.2 Å². The molecule has 1 aliphatic heterocycles. The predicted octanol–water partition coefficient (Wildman–Crippen LogP) is 4.08. The minimum absolute atomic E-state index is 0.159. The highest BCUT2D eigenvalue weighted by atomic mass is 35.5. The van der Waals surface area contributed by atoms with Gasteiger partial charge in [-0.05, 0) is 42.5 Å². The van der Waals surface area contributed by atoms with Crippen LogP contribution in [-0.2, 0) is 4.74 Å². The summed E-state index contributed by atoms with van der Waals surface area (Å²) in [4.78, 5) is 27.5. The number of nitrogens with one attached hydrogen (secondary N) is 1. The first-order valence-corrected chi connectivity index (χ1v) is 11.4. The van der Waals surface area contributed by atoms with Gasteiger partial charge in [0, 0.05) is 30.9 Å². The maximum Gasteiger partial charge on any atom is 0.270 e. The Hall–Kier alpha value is -4.22. The Morgan fingerprint density at radius 1 is 1.08 bits per heavy atom. The molecule has 1 aromatic heterocycles. The summed E-state index contributed by atoms with van der Waals surface area (Å²) in [6.45, 7) is 2.21. The number of hydrogen-bond acceptors (Lipinski definition) is 8. The smallest absolute Gasteiger partial charge is 0.270 e. The average Bonchev–Trinajstić information content (AvgIpc) is 3.32. The van der Waals surface area contributed by atoms with Crippen LogP contribution < -0.4 is 15.0 Å². The van der Waals surface area contributed by atoms with Crippen molar-refractivity contribution >= 4 is 45.6 Å². The number of halogens is 1. The van der Waals surface area contributed by atoms with Crippen molar-refractivity contribution in [3.8, 4) is 11.4 Å². The molecule has 0 spiro atoms. The molecule has 11 nitrogen and oxygen atoms in total. The number of ether oxygens (including phenoxy) is 2. The van der Waals surface area contributed by atoms with Crippen molar-refractivity contribution in [2.24, 2.45) is 0 Å². The number of nitrogens with zero attached hydrogens (tertiary/aromatic N) is 5. The van der Waals surface area contributed by atoms with E-state index in [4.69, 9.17) is 21.1 Å². The highest BCUT2D eigenvalue weighted by molar-refractivity contribution is 6.32. The normalized spacial score (nSPS) is 13.6. The van der Waals surface area contributed by atoms with E-state index in [1.165, 1.54) is 24.0 Å². The molecule has 0 unspecified atom stereocenters. The minimum Gasteiger partial charge on any atom is -0.495 e. The lowest BCUT2D eigenvalue weighted by Crippen LogP contribution is -2.37. The maximum atomic E-state index is 13.3. The number of aromatic nitrogens is 3. The van der Waals surface area contributed by atoms with Crippen molar-refractivity contribution in [1.29, 1.82) is 0 Å². The Morgan fingerprint density at radius 3 is 2.58 bits per heavy atom. The first-order valence-electron chi connectivity index (χ1n) is 11.1. The molecule has 0 saturated carbocycles. The van der Waals surface area contributed by atoms with E-state index in [-0.39, 0.29) is 11.3 Å². The summed E-state index contributed by atoms with van der Waals surface area (Å²) in [5.41, 5.74) is 2.96. The van der Waals surface area contributed by atoms with Gasteiger partial charge in [0.15, 0.2) is 0 Å². The van der Waals surface area contributed by atoms with Crippen molar-refractivity contribution in [2.45, 2.75) is 0 Å². The van der Waals surface area contributed by atoms with Crippen LogP contribution in [0, 0.1) is 10.1 Å². The van der Waals surface area contributed by atoms with E-state index in [2.05, 4.69) is 15.5 Å². The highest BCUT2D eigenvalue weighted by Gasteiger charge is 2.22. The van der Waals surface area contributed by atoms with E-state index in [0.29, 0.717) is 65.2 Å². The Kier molecular flexibility index (Phi) is 6.40. The molecular weight excluding hydrogens is 488 g/mol. The number of nitro groups is 1. The van der Waals surface area contributed by atoms with E-state index >= 15 is 0 Å². The van der Waals surface area contributed by atoms with Crippen LogP contribution in [0.2, 0.25) is 5.02 Å². The molecule has 1 aliphatic rings. The summed E-state index contributed by atoms with van der Waals surface area (Å²) >= 11 is 6.22. The second kappa shape index (κ2) is 9.80. The molecule has 1 amide bonds. The average molecular weight is 509 g/mol. The van der Waals surface area contributed by atoms with E-state index in [1.807, 2.05) is 4.90 Å². The van der Waals surface area contributed by atoms with Crippen LogP contribution in [0.1, 0.15) is 10.4 Å². The first-order chi connectivity index (χ1) is 17.4. The van der Waals surface area contributed by atoms with Gasteiger partial charge in [0.05, 0.1) is 47.2 Å². The van der Waals surface area contributed by atoms with Crippen LogP contribution in [0.5, 0.6) is 5.75 Å². The number of fused-ring (bicyclic) bond motifs is 1. The fourth-order valence-electron chi connectivity index (χ4n) is 3.99. The number of rotatable bonds is 6. The Labute approximate surface area is 210 Å². The number of carbonyl (C=O) groups excluding carboxylic acids is 1. The Morgan fingerprint density at radius 2 is 1.86 bits per heavy atom. The third-order valence-electron chi connectivity index (χ3n) is 5.79.